The molecule has 0 spiro atoms. The summed E-state index contributed by atoms with van der Waals surface area (Å²) >= 11 is 1.73. The van der Waals surface area contributed by atoms with Crippen molar-refractivity contribution in [2.45, 2.75) is 13.3 Å². The lowest BCUT2D eigenvalue weighted by molar-refractivity contribution is -1.06. The number of aromatic nitrogens is 1. The molecule has 2 heterocycles. The topological polar surface area (TPSA) is 105 Å². The maximum absolute atomic E-state index is 13.1. The van der Waals surface area contributed by atoms with E-state index in [2.05, 4.69) is 38.3 Å². The van der Waals surface area contributed by atoms with E-state index < -0.39 is 0 Å². The minimum atomic E-state index is -0.296. The Hall–Kier alpha value is -3.15. The van der Waals surface area contributed by atoms with Gasteiger partial charge in [0.05, 0.1) is 22.3 Å². The number of piperazine rings is 1. The van der Waals surface area contributed by atoms with Gasteiger partial charge in [-0.2, -0.15) is 4.84 Å². The third-order valence-electron chi connectivity index (χ3n) is 6.76. The van der Waals surface area contributed by atoms with Gasteiger partial charge in [0.25, 0.3) is 11.5 Å². The highest BCUT2D eigenvalue weighted by atomic mass is 32.1. The van der Waals surface area contributed by atoms with E-state index in [1.165, 1.54) is 17.5 Å². The van der Waals surface area contributed by atoms with Gasteiger partial charge in [-0.1, -0.05) is 29.4 Å². The minimum absolute atomic E-state index is 0.0480. The first kappa shape index (κ1) is 24.5. The van der Waals surface area contributed by atoms with E-state index in [0.717, 1.165) is 49.7 Å². The lowest BCUT2D eigenvalue weighted by Gasteiger charge is -2.36. The van der Waals surface area contributed by atoms with Crippen molar-refractivity contribution in [1.29, 1.82) is 0 Å². The number of nitrogens with zero attached hydrogens (tertiary/aromatic N) is 3. The number of hydrogen-bond acceptors (Lipinski definition) is 9. The number of thiazole rings is 1. The van der Waals surface area contributed by atoms with Crippen LogP contribution in [0.15, 0.2) is 53.9 Å². The third-order valence-corrected chi connectivity index (χ3v) is 7.69. The van der Waals surface area contributed by atoms with Gasteiger partial charge in [0.2, 0.25) is 5.78 Å². The van der Waals surface area contributed by atoms with Gasteiger partial charge in [-0.15, -0.1) is 17.2 Å². The fourth-order valence-electron chi connectivity index (χ4n) is 4.85. The molecule has 5 rings (SSSR count). The predicted molar refractivity (Wildman–Crippen MR) is 140 cm³/mol. The molecule has 1 aliphatic heterocycles. The summed E-state index contributed by atoms with van der Waals surface area (Å²) in [6.45, 7) is 7.38. The van der Waals surface area contributed by atoms with Gasteiger partial charge in [-0.25, -0.2) is 4.98 Å². The molecule has 4 N–H and O–H groups in total. The molecular weight excluding hydrogens is 476 g/mol. The van der Waals surface area contributed by atoms with E-state index in [-0.39, 0.29) is 28.1 Å². The number of allylic oxidation sites excluding steroid dienone is 2. The number of Topliss-reactive ketones (excluding diaryl/α,β-unsaturated/α-hetero) is 2. The smallest absolute Gasteiger partial charge is 0.259 e. The second kappa shape index (κ2) is 10.5. The van der Waals surface area contributed by atoms with Crippen molar-refractivity contribution >= 4 is 38.8 Å². The van der Waals surface area contributed by atoms with Crippen LogP contribution in [0.25, 0.3) is 10.2 Å². The Kier molecular flexibility index (Phi) is 7.13. The molecule has 1 unspecified atom stereocenters. The number of carbonyl (C=O) groups is 2. The van der Waals surface area contributed by atoms with Gasteiger partial charge >= 0.3 is 0 Å². The van der Waals surface area contributed by atoms with Crippen LogP contribution in [0.1, 0.15) is 32.1 Å². The van der Waals surface area contributed by atoms with Crippen molar-refractivity contribution in [3.05, 3.63) is 70.0 Å². The molecule has 9 nitrogen and oxygen atoms in total. The SMILES string of the molecule is CO[NH+](N)C1=C(NCCCN2CCN(c3ccc4nc(C)sc4c3)CC2)C(=O)c2ccccc2C1=O. The van der Waals surface area contributed by atoms with Gasteiger partial charge in [0.1, 0.15) is 0 Å². The Bertz CT molecular complexity index is 1330. The Morgan fingerprint density at radius 2 is 1.81 bits per heavy atom. The molecule has 3 aromatic rings. The molecule has 0 saturated carbocycles. The van der Waals surface area contributed by atoms with Gasteiger partial charge in [0.15, 0.2) is 5.70 Å². The van der Waals surface area contributed by atoms with Crippen LogP contribution in [0.3, 0.4) is 0 Å². The highest BCUT2D eigenvalue weighted by Gasteiger charge is 2.38. The molecular formula is C26H31N6O3S+. The summed E-state index contributed by atoms with van der Waals surface area (Å²) in [6, 6.07) is 13.3. The summed E-state index contributed by atoms with van der Waals surface area (Å²) in [5, 5.41) is 4.23. The maximum atomic E-state index is 13.1. The molecule has 2 aromatic carbocycles. The van der Waals surface area contributed by atoms with E-state index in [0.29, 0.717) is 17.7 Å². The zero-order valence-electron chi connectivity index (χ0n) is 20.5. The highest BCUT2D eigenvalue weighted by molar-refractivity contribution is 7.18. The summed E-state index contributed by atoms with van der Waals surface area (Å²) in [7, 11) is 1.40. The summed E-state index contributed by atoms with van der Waals surface area (Å²) < 4.78 is 1.23. The van der Waals surface area contributed by atoms with Crippen LogP contribution in [-0.4, -0.2) is 67.8 Å². The molecule has 1 aliphatic carbocycles. The third kappa shape index (κ3) is 4.78. The largest absolute Gasteiger partial charge is 0.377 e. The number of hydrogen-bond donors (Lipinski definition) is 3. The van der Waals surface area contributed by atoms with Crippen LogP contribution in [0.4, 0.5) is 5.69 Å². The minimum Gasteiger partial charge on any atom is -0.377 e. The molecule has 1 aromatic heterocycles. The standard InChI is InChI=1S/C26H30N6O3S/c1-17-29-21-9-8-18(16-22(21)36-17)31-14-12-30(13-15-31)11-5-10-28-23-24(32(27)35-2)26(34)20-7-4-3-6-19(20)25(23)33/h3-4,6-9,16,28H,5,10-15,27H2,1-2H3/p+1. The number of rotatable bonds is 8. The number of hydroxylamine groups is 1. The number of benzene rings is 2. The quantitative estimate of drug-likeness (QED) is 0.238. The number of nitrogens with one attached hydrogen (secondary N) is 2. The predicted octanol–water partition coefficient (Wildman–Crippen LogP) is 1.32. The normalized spacial score (nSPS) is 17.6. The molecule has 0 amide bonds. The van der Waals surface area contributed by atoms with E-state index in [1.807, 2.05) is 6.92 Å². The Morgan fingerprint density at radius 3 is 2.53 bits per heavy atom. The van der Waals surface area contributed by atoms with E-state index in [4.69, 9.17) is 10.7 Å². The number of ketones is 2. The molecule has 188 valence electrons. The van der Waals surface area contributed by atoms with Gasteiger partial charge in [0, 0.05) is 49.5 Å². The monoisotopic (exact) mass is 507 g/mol. The van der Waals surface area contributed by atoms with E-state index in [1.54, 1.807) is 35.6 Å². The number of aryl methyl sites for hydroxylation is 1. The molecule has 36 heavy (non-hydrogen) atoms. The zero-order chi connectivity index (χ0) is 25.2. The lowest BCUT2D eigenvalue weighted by Crippen LogP contribution is -3.16. The van der Waals surface area contributed by atoms with Gasteiger partial charge in [-0.05, 0) is 38.1 Å². The van der Waals surface area contributed by atoms with Crippen LogP contribution in [0.5, 0.6) is 0 Å². The van der Waals surface area contributed by atoms with Crippen molar-refractivity contribution in [3.8, 4) is 0 Å². The summed E-state index contributed by atoms with van der Waals surface area (Å²) in [6.07, 6.45) is 0.832. The number of fused-ring (bicyclic) bond motifs is 2. The van der Waals surface area contributed by atoms with Crippen LogP contribution in [-0.2, 0) is 4.84 Å². The Labute approximate surface area is 214 Å². The second-order valence-electron chi connectivity index (χ2n) is 9.02. The van der Waals surface area contributed by atoms with E-state index >= 15 is 0 Å². The average Bonchev–Trinajstić information content (AvgIpc) is 3.28. The lowest BCUT2D eigenvalue weighted by atomic mass is 9.90. The van der Waals surface area contributed by atoms with Crippen molar-refractivity contribution in [1.82, 2.24) is 15.2 Å². The Morgan fingerprint density at radius 1 is 1.08 bits per heavy atom. The van der Waals surface area contributed by atoms with Crippen LogP contribution < -0.4 is 21.2 Å². The molecule has 0 bridgehead atoms. The maximum Gasteiger partial charge on any atom is 0.259 e. The first-order chi connectivity index (χ1) is 17.5. The van der Waals surface area contributed by atoms with Gasteiger partial charge < -0.3 is 10.2 Å². The number of anilines is 1. The van der Waals surface area contributed by atoms with Crippen molar-refractivity contribution in [2.75, 3.05) is 51.3 Å². The van der Waals surface area contributed by atoms with Crippen molar-refractivity contribution in [2.24, 2.45) is 5.84 Å². The summed E-state index contributed by atoms with van der Waals surface area (Å²) in [5.74, 6) is 5.44. The number of quaternary nitrogens is 1. The van der Waals surface area contributed by atoms with E-state index in [9.17, 15) is 9.59 Å². The van der Waals surface area contributed by atoms with Gasteiger partial charge in [-0.3, -0.25) is 14.5 Å². The fraction of sp³-hybridized carbons (Fsp3) is 0.346. The summed E-state index contributed by atoms with van der Waals surface area (Å²) in [5.41, 5.74) is 3.39. The van der Waals surface area contributed by atoms with Crippen LogP contribution in [0, 0.1) is 6.92 Å². The number of nitrogens with two attached hydrogens (primary N) is 1. The van der Waals surface area contributed by atoms with Crippen molar-refractivity contribution < 1.29 is 19.6 Å². The Balaban J connectivity index is 1.16. The molecule has 1 saturated heterocycles. The first-order valence-electron chi connectivity index (χ1n) is 12.1. The van der Waals surface area contributed by atoms with Crippen LogP contribution in [0.2, 0.25) is 0 Å². The fourth-order valence-corrected chi connectivity index (χ4v) is 5.71. The second-order valence-corrected chi connectivity index (χ2v) is 10.3. The molecule has 10 heteroatoms. The van der Waals surface area contributed by atoms with Crippen molar-refractivity contribution in [3.63, 3.8) is 0 Å². The highest BCUT2D eigenvalue weighted by Crippen LogP contribution is 2.27. The first-order valence-corrected chi connectivity index (χ1v) is 13.0. The zero-order valence-corrected chi connectivity index (χ0v) is 21.4. The molecule has 1 atom stereocenters. The molecule has 2 aliphatic rings. The summed E-state index contributed by atoms with van der Waals surface area (Å²) in [4.78, 5) is 40.7. The molecule has 1 fully saturated rings. The van der Waals surface area contributed by atoms with Crippen LogP contribution >= 0.6 is 11.3 Å². The number of carbonyl (C=O) groups excluding carboxylic acids is 2. The average molecular weight is 508 g/mol. The molecule has 0 radical (unpaired) electrons.